The van der Waals surface area contributed by atoms with E-state index < -0.39 is 6.41 Å². The molecule has 0 amide bonds. The fourth-order valence-electron chi connectivity index (χ4n) is 4.46. The summed E-state index contributed by atoms with van der Waals surface area (Å²) in [6, 6.07) is 37.4. The van der Waals surface area contributed by atoms with Crippen LogP contribution in [-0.2, 0) is 0 Å². The van der Waals surface area contributed by atoms with Gasteiger partial charge in [0.2, 0.25) is 5.75 Å². The molecule has 0 bridgehead atoms. The van der Waals surface area contributed by atoms with Gasteiger partial charge in [-0.05, 0) is 29.3 Å². The van der Waals surface area contributed by atoms with Gasteiger partial charge in [-0.25, -0.2) is 0 Å². The number of hydrogen-bond acceptors (Lipinski definition) is 2. The smallest absolute Gasteiger partial charge is 0.400 e. The highest BCUT2D eigenvalue weighted by Crippen LogP contribution is 2.41. The molecule has 154 valence electrons. The Hall–Kier alpha value is -4.11. The minimum absolute atomic E-state index is 0.580. The Kier molecular flexibility index (Phi) is 4.39. The Bertz CT molecular complexity index is 1370. The largest absolute Gasteiger partial charge is 0.468 e. The zero-order valence-corrected chi connectivity index (χ0v) is 17.7. The van der Waals surface area contributed by atoms with Gasteiger partial charge in [0.05, 0.1) is 5.39 Å². The molecule has 1 aliphatic heterocycles. The van der Waals surface area contributed by atoms with E-state index in [-0.39, 0.29) is 0 Å². The molecule has 0 saturated carbocycles. The zero-order valence-electron chi connectivity index (χ0n) is 17.7. The Morgan fingerprint density at radius 2 is 1.28 bits per heavy atom. The van der Waals surface area contributed by atoms with Crippen molar-refractivity contribution in [1.82, 2.24) is 0 Å². The van der Waals surface area contributed by atoms with Crippen LogP contribution in [0.3, 0.4) is 0 Å². The van der Waals surface area contributed by atoms with Crippen LogP contribution in [0.1, 0.15) is 12.1 Å². The van der Waals surface area contributed by atoms with E-state index in [0.29, 0.717) is 0 Å². The number of para-hydroxylation sites is 2. The normalized spacial score (nSPS) is 14.3. The van der Waals surface area contributed by atoms with Crippen molar-refractivity contribution in [2.45, 2.75) is 13.3 Å². The highest BCUT2D eigenvalue weighted by atomic mass is 16.7. The first-order valence-corrected chi connectivity index (χ1v) is 10.8. The molecular weight excluding hydrogens is 394 g/mol. The lowest BCUT2D eigenvalue weighted by Gasteiger charge is -2.18. The van der Waals surface area contributed by atoms with Gasteiger partial charge in [0, 0.05) is 24.1 Å². The second-order valence-corrected chi connectivity index (χ2v) is 8.00. The van der Waals surface area contributed by atoms with E-state index in [1.807, 2.05) is 24.3 Å². The topological polar surface area (TPSA) is 22.3 Å². The van der Waals surface area contributed by atoms with E-state index in [1.165, 1.54) is 0 Å². The van der Waals surface area contributed by atoms with Crippen molar-refractivity contribution in [3.63, 3.8) is 0 Å². The fourth-order valence-corrected chi connectivity index (χ4v) is 4.46. The number of benzene rings is 4. The fraction of sp³-hybridized carbons (Fsp3) is 0.0690. The van der Waals surface area contributed by atoms with Crippen LogP contribution in [0, 0.1) is 6.92 Å². The molecule has 0 fully saturated rings. The highest BCUT2D eigenvalue weighted by molar-refractivity contribution is 5.83. The van der Waals surface area contributed by atoms with Gasteiger partial charge in [-0.1, -0.05) is 84.9 Å². The number of hydrogen-bond donors (Lipinski definition) is 0. The second kappa shape index (κ2) is 7.54. The molecule has 1 unspecified atom stereocenters. The van der Waals surface area contributed by atoms with E-state index in [9.17, 15) is 0 Å². The number of nitrogens with zero attached hydrogens (tertiary/aromatic N) is 1. The molecule has 1 atom stereocenters. The summed E-state index contributed by atoms with van der Waals surface area (Å²) in [6.45, 7) is 2.09. The van der Waals surface area contributed by atoms with Crippen LogP contribution in [0.2, 0.25) is 0 Å². The number of aryl methyl sites for hydroxylation is 1. The first-order valence-electron chi connectivity index (χ1n) is 10.8. The first kappa shape index (κ1) is 18.6. The Morgan fingerprint density at radius 3 is 1.94 bits per heavy atom. The Labute approximate surface area is 187 Å². The third-order valence-electron chi connectivity index (χ3n) is 6.00. The van der Waals surface area contributed by atoms with Crippen molar-refractivity contribution in [3.05, 3.63) is 115 Å². The van der Waals surface area contributed by atoms with Gasteiger partial charge in [0.1, 0.15) is 5.75 Å². The maximum atomic E-state index is 6.74. The van der Waals surface area contributed by atoms with Crippen LogP contribution in [-0.4, -0.2) is 0 Å². The summed E-state index contributed by atoms with van der Waals surface area (Å²) in [4.78, 5) is 0. The summed E-state index contributed by atoms with van der Waals surface area (Å²) in [6.07, 6.45) is -0.580. The first-order chi connectivity index (χ1) is 15.8. The van der Waals surface area contributed by atoms with Crippen LogP contribution >= 0.6 is 0 Å². The lowest BCUT2D eigenvalue weighted by Crippen LogP contribution is -2.45. The Balaban J connectivity index is 1.53. The second-order valence-electron chi connectivity index (χ2n) is 8.00. The van der Waals surface area contributed by atoms with Crippen molar-refractivity contribution < 1.29 is 14.0 Å². The molecule has 0 saturated heterocycles. The van der Waals surface area contributed by atoms with Crippen LogP contribution in [0.5, 0.6) is 11.5 Å². The minimum atomic E-state index is -0.580. The van der Waals surface area contributed by atoms with Gasteiger partial charge in [0.15, 0.2) is 5.69 Å². The molecule has 0 spiro atoms. The average molecular weight is 417 g/mol. The molecule has 1 aliphatic rings. The van der Waals surface area contributed by atoms with Crippen molar-refractivity contribution in [2.75, 3.05) is 0 Å². The third kappa shape index (κ3) is 3.02. The van der Waals surface area contributed by atoms with Gasteiger partial charge in [-0.2, -0.15) is 0 Å². The minimum Gasteiger partial charge on any atom is -0.400 e. The molecule has 0 radical (unpaired) electrons. The summed E-state index contributed by atoms with van der Waals surface area (Å²) < 4.78 is 15.2. The average Bonchev–Trinajstić information content (AvgIpc) is 3.22. The van der Waals surface area contributed by atoms with Crippen LogP contribution in [0.25, 0.3) is 33.2 Å². The molecule has 3 nitrogen and oxygen atoms in total. The molecular formula is C29H22NO2+. The Morgan fingerprint density at radius 1 is 0.656 bits per heavy atom. The standard InChI is InChI=1S/C29H22NO2/c1-20-18-19-23-14-8-17-26-27(23)30(20)29(31-26)32-28-24(21-10-4-2-5-11-21)15-9-16-25(28)22-12-6-3-7-13-22/h2-19,29H,1H3/q+1. The number of aromatic nitrogens is 1. The van der Waals surface area contributed by atoms with Crippen molar-refractivity contribution in [1.29, 1.82) is 0 Å². The maximum Gasteiger partial charge on any atom is 0.468 e. The van der Waals surface area contributed by atoms with E-state index in [0.717, 1.165) is 50.3 Å². The van der Waals surface area contributed by atoms with Crippen LogP contribution in [0.15, 0.2) is 109 Å². The van der Waals surface area contributed by atoms with Gasteiger partial charge in [-0.15, -0.1) is 4.57 Å². The van der Waals surface area contributed by atoms with E-state index in [1.54, 1.807) is 0 Å². The summed E-state index contributed by atoms with van der Waals surface area (Å²) in [5.41, 5.74) is 6.45. The SMILES string of the molecule is Cc1ccc2cccc3c2[n+]1C(Oc1c(-c2ccccc2)cccc1-c1ccccc1)O3. The van der Waals surface area contributed by atoms with Crippen LogP contribution < -0.4 is 14.0 Å². The summed E-state index contributed by atoms with van der Waals surface area (Å²) >= 11 is 0. The molecule has 0 aliphatic carbocycles. The summed E-state index contributed by atoms with van der Waals surface area (Å²) in [5, 5.41) is 1.14. The monoisotopic (exact) mass is 416 g/mol. The lowest BCUT2D eigenvalue weighted by atomic mass is 9.97. The lowest BCUT2D eigenvalue weighted by molar-refractivity contribution is -0.758. The van der Waals surface area contributed by atoms with Gasteiger partial charge < -0.3 is 9.47 Å². The molecule has 5 aromatic rings. The molecule has 6 rings (SSSR count). The molecule has 2 heterocycles. The summed E-state index contributed by atoms with van der Waals surface area (Å²) in [5.74, 6) is 1.65. The molecule has 4 aromatic carbocycles. The number of rotatable bonds is 4. The molecule has 0 N–H and O–H groups in total. The van der Waals surface area contributed by atoms with Crippen molar-refractivity contribution in [3.8, 4) is 33.8 Å². The van der Waals surface area contributed by atoms with E-state index in [4.69, 9.17) is 9.47 Å². The van der Waals surface area contributed by atoms with E-state index in [2.05, 4.69) is 96.4 Å². The molecule has 3 heteroatoms. The zero-order chi connectivity index (χ0) is 21.5. The predicted octanol–water partition coefficient (Wildman–Crippen LogP) is 6.70. The van der Waals surface area contributed by atoms with Gasteiger partial charge in [0.25, 0.3) is 5.52 Å². The van der Waals surface area contributed by atoms with E-state index >= 15 is 0 Å². The number of ether oxygens (including phenoxy) is 2. The van der Waals surface area contributed by atoms with Crippen LogP contribution in [0.4, 0.5) is 0 Å². The van der Waals surface area contributed by atoms with Crippen molar-refractivity contribution in [2.24, 2.45) is 0 Å². The van der Waals surface area contributed by atoms with Gasteiger partial charge in [-0.3, -0.25) is 0 Å². The molecule has 1 aromatic heterocycles. The third-order valence-corrected chi connectivity index (χ3v) is 6.00. The quantitative estimate of drug-likeness (QED) is 0.304. The van der Waals surface area contributed by atoms with Crippen molar-refractivity contribution >= 4 is 10.9 Å². The maximum absolute atomic E-state index is 6.74. The highest BCUT2D eigenvalue weighted by Gasteiger charge is 2.38. The molecule has 32 heavy (non-hydrogen) atoms. The summed E-state index contributed by atoms with van der Waals surface area (Å²) in [7, 11) is 0. The predicted molar refractivity (Wildman–Crippen MR) is 126 cm³/mol. The van der Waals surface area contributed by atoms with Gasteiger partial charge >= 0.3 is 6.41 Å². The number of pyridine rings is 1.